The molecule has 3 heteroatoms. The van der Waals surface area contributed by atoms with Crippen LogP contribution >= 0.6 is 11.8 Å². The van der Waals surface area contributed by atoms with Gasteiger partial charge in [0.2, 0.25) is 0 Å². The minimum Gasteiger partial charge on any atom is -0.330 e. The summed E-state index contributed by atoms with van der Waals surface area (Å²) in [6.07, 6.45) is 1.13. The van der Waals surface area contributed by atoms with Crippen molar-refractivity contribution in [2.24, 2.45) is 11.1 Å². The zero-order valence-electron chi connectivity index (χ0n) is 10.7. The van der Waals surface area contributed by atoms with Crippen LogP contribution in [0.25, 0.3) is 0 Å². The van der Waals surface area contributed by atoms with Crippen LogP contribution in [0.5, 0.6) is 0 Å². The van der Waals surface area contributed by atoms with Crippen molar-refractivity contribution in [2.45, 2.75) is 39.1 Å². The third-order valence-electron chi connectivity index (χ3n) is 2.66. The molecule has 0 fully saturated rings. The molecule has 1 aromatic rings. The van der Waals surface area contributed by atoms with Gasteiger partial charge in [-0.1, -0.05) is 13.8 Å². The van der Waals surface area contributed by atoms with Gasteiger partial charge in [-0.2, -0.15) is 0 Å². The van der Waals surface area contributed by atoms with Gasteiger partial charge in [0, 0.05) is 11.4 Å². The third-order valence-corrected chi connectivity index (χ3v) is 3.57. The Labute approximate surface area is 103 Å². The quantitative estimate of drug-likeness (QED) is 0.801. The van der Waals surface area contributed by atoms with Gasteiger partial charge in [-0.3, -0.25) is 0 Å². The van der Waals surface area contributed by atoms with E-state index in [2.05, 4.69) is 37.9 Å². The van der Waals surface area contributed by atoms with Crippen LogP contribution in [-0.2, 0) is 0 Å². The first-order valence-corrected chi connectivity index (χ1v) is 6.70. The third kappa shape index (κ3) is 4.54. The fourth-order valence-corrected chi connectivity index (χ4v) is 2.75. The van der Waals surface area contributed by atoms with Gasteiger partial charge in [-0.25, -0.2) is 4.98 Å². The van der Waals surface area contributed by atoms with E-state index in [0.717, 1.165) is 29.4 Å². The number of thioether (sulfide) groups is 1. The Bertz CT molecular complexity index is 328. The average Bonchev–Trinajstić information content (AvgIpc) is 2.16. The molecule has 0 atom stereocenters. The molecule has 2 nitrogen and oxygen atoms in total. The second kappa shape index (κ2) is 5.69. The van der Waals surface area contributed by atoms with E-state index >= 15 is 0 Å². The van der Waals surface area contributed by atoms with Crippen molar-refractivity contribution in [3.63, 3.8) is 0 Å². The number of nitrogens with zero attached hydrogens (tertiary/aromatic N) is 1. The highest BCUT2D eigenvalue weighted by atomic mass is 32.2. The molecule has 1 rings (SSSR count). The maximum Gasteiger partial charge on any atom is 0.0965 e. The molecule has 0 radical (unpaired) electrons. The average molecular weight is 238 g/mol. The summed E-state index contributed by atoms with van der Waals surface area (Å²) >= 11 is 1.82. The fraction of sp³-hybridized carbons (Fsp3) is 0.615. The van der Waals surface area contributed by atoms with Gasteiger partial charge in [0.1, 0.15) is 0 Å². The lowest BCUT2D eigenvalue weighted by Crippen LogP contribution is -2.24. The molecule has 0 bridgehead atoms. The smallest absolute Gasteiger partial charge is 0.0965 e. The van der Waals surface area contributed by atoms with E-state index in [0.29, 0.717) is 0 Å². The Hall–Kier alpha value is -0.540. The Morgan fingerprint density at radius 2 is 2.00 bits per heavy atom. The molecule has 1 heterocycles. The van der Waals surface area contributed by atoms with E-state index in [-0.39, 0.29) is 5.41 Å². The SMILES string of the molecule is Cc1cc(C)nc(SCCC(C)(C)CN)c1. The zero-order chi connectivity index (χ0) is 12.2. The number of pyridine rings is 1. The molecule has 0 saturated carbocycles. The normalized spacial score (nSPS) is 11.8. The topological polar surface area (TPSA) is 38.9 Å². The van der Waals surface area contributed by atoms with Crippen molar-refractivity contribution >= 4 is 11.8 Å². The molecule has 2 N–H and O–H groups in total. The first-order valence-electron chi connectivity index (χ1n) is 5.71. The summed E-state index contributed by atoms with van der Waals surface area (Å²) in [4.78, 5) is 4.51. The predicted octanol–water partition coefficient (Wildman–Crippen LogP) is 3.17. The molecular weight excluding hydrogens is 216 g/mol. The van der Waals surface area contributed by atoms with Crippen LogP contribution < -0.4 is 5.73 Å². The van der Waals surface area contributed by atoms with Crippen LogP contribution in [0.1, 0.15) is 31.5 Å². The molecule has 1 aromatic heterocycles. The van der Waals surface area contributed by atoms with Gasteiger partial charge < -0.3 is 5.73 Å². The van der Waals surface area contributed by atoms with Crippen molar-refractivity contribution in [1.29, 1.82) is 0 Å². The first-order chi connectivity index (χ1) is 7.43. The van der Waals surface area contributed by atoms with E-state index in [9.17, 15) is 0 Å². The molecule has 16 heavy (non-hydrogen) atoms. The van der Waals surface area contributed by atoms with Crippen LogP contribution in [0.2, 0.25) is 0 Å². The number of hydrogen-bond donors (Lipinski definition) is 1. The highest BCUT2D eigenvalue weighted by molar-refractivity contribution is 7.99. The van der Waals surface area contributed by atoms with E-state index in [4.69, 9.17) is 5.73 Å². The Kier molecular flexibility index (Phi) is 4.81. The van der Waals surface area contributed by atoms with Crippen molar-refractivity contribution in [3.05, 3.63) is 23.4 Å². The first kappa shape index (κ1) is 13.5. The molecule has 0 aliphatic heterocycles. The summed E-state index contributed by atoms with van der Waals surface area (Å²) in [5.41, 5.74) is 8.33. The van der Waals surface area contributed by atoms with Crippen LogP contribution in [0.4, 0.5) is 0 Å². The fourth-order valence-electron chi connectivity index (χ4n) is 1.41. The number of nitrogens with two attached hydrogens (primary N) is 1. The van der Waals surface area contributed by atoms with Crippen LogP contribution in [-0.4, -0.2) is 17.3 Å². The Morgan fingerprint density at radius 3 is 2.56 bits per heavy atom. The maximum absolute atomic E-state index is 5.71. The lowest BCUT2D eigenvalue weighted by molar-refractivity contribution is 0.368. The molecule has 0 unspecified atom stereocenters. The summed E-state index contributed by atoms with van der Waals surface area (Å²) in [5.74, 6) is 1.08. The molecular formula is C13H22N2S. The number of aromatic nitrogens is 1. The lowest BCUT2D eigenvalue weighted by atomic mass is 9.91. The van der Waals surface area contributed by atoms with E-state index < -0.39 is 0 Å². The highest BCUT2D eigenvalue weighted by Crippen LogP contribution is 2.25. The van der Waals surface area contributed by atoms with Crippen LogP contribution in [0, 0.1) is 19.3 Å². The van der Waals surface area contributed by atoms with Gasteiger partial charge in [0.05, 0.1) is 5.03 Å². The Morgan fingerprint density at radius 1 is 1.31 bits per heavy atom. The maximum atomic E-state index is 5.71. The number of aryl methyl sites for hydroxylation is 2. The van der Waals surface area contributed by atoms with E-state index in [1.807, 2.05) is 18.7 Å². The summed E-state index contributed by atoms with van der Waals surface area (Å²) in [5, 5.41) is 1.13. The summed E-state index contributed by atoms with van der Waals surface area (Å²) < 4.78 is 0. The predicted molar refractivity (Wildman–Crippen MR) is 71.9 cm³/mol. The molecule has 90 valence electrons. The van der Waals surface area contributed by atoms with Crippen molar-refractivity contribution in [1.82, 2.24) is 4.98 Å². The molecule has 0 aliphatic carbocycles. The number of hydrogen-bond acceptors (Lipinski definition) is 3. The molecule has 0 amide bonds. The molecule has 0 aromatic carbocycles. The highest BCUT2D eigenvalue weighted by Gasteiger charge is 2.15. The molecule has 0 spiro atoms. The molecule has 0 saturated heterocycles. The summed E-state index contributed by atoms with van der Waals surface area (Å²) in [7, 11) is 0. The summed E-state index contributed by atoms with van der Waals surface area (Å²) in [6.45, 7) is 9.32. The molecule has 0 aliphatic rings. The Balaban J connectivity index is 2.49. The van der Waals surface area contributed by atoms with Crippen molar-refractivity contribution in [2.75, 3.05) is 12.3 Å². The second-order valence-corrected chi connectivity index (χ2v) is 6.21. The van der Waals surface area contributed by atoms with E-state index in [1.165, 1.54) is 5.56 Å². The van der Waals surface area contributed by atoms with Gasteiger partial charge in [-0.15, -0.1) is 11.8 Å². The minimum atomic E-state index is 0.242. The monoisotopic (exact) mass is 238 g/mol. The zero-order valence-corrected chi connectivity index (χ0v) is 11.5. The minimum absolute atomic E-state index is 0.242. The van der Waals surface area contributed by atoms with Gasteiger partial charge in [0.15, 0.2) is 0 Å². The van der Waals surface area contributed by atoms with Gasteiger partial charge >= 0.3 is 0 Å². The summed E-state index contributed by atoms with van der Waals surface area (Å²) in [6, 6.07) is 4.25. The number of rotatable bonds is 5. The van der Waals surface area contributed by atoms with Crippen LogP contribution in [0.3, 0.4) is 0 Å². The van der Waals surface area contributed by atoms with E-state index in [1.54, 1.807) is 0 Å². The van der Waals surface area contributed by atoms with Gasteiger partial charge in [-0.05, 0) is 49.9 Å². The van der Waals surface area contributed by atoms with Crippen LogP contribution in [0.15, 0.2) is 17.2 Å². The largest absolute Gasteiger partial charge is 0.330 e. The van der Waals surface area contributed by atoms with Gasteiger partial charge in [0.25, 0.3) is 0 Å². The van der Waals surface area contributed by atoms with Crippen molar-refractivity contribution < 1.29 is 0 Å². The standard InChI is InChI=1S/C13H22N2S/c1-10-7-11(2)15-12(8-10)16-6-5-13(3,4)9-14/h7-8H,5-6,9,14H2,1-4H3. The second-order valence-electron chi connectivity index (χ2n) is 5.09. The van der Waals surface area contributed by atoms with Crippen molar-refractivity contribution in [3.8, 4) is 0 Å². The lowest BCUT2D eigenvalue weighted by Gasteiger charge is -2.21.